The van der Waals surface area contributed by atoms with Crippen LogP contribution in [0.3, 0.4) is 0 Å². The molecular weight excluding hydrogens is 272 g/mol. The number of carbonyl (C=O) groups excluding carboxylic acids is 2. The van der Waals surface area contributed by atoms with Crippen molar-refractivity contribution in [3.05, 3.63) is 12.2 Å². The molecule has 0 aromatic rings. The zero-order chi connectivity index (χ0) is 14.6. The van der Waals surface area contributed by atoms with Crippen molar-refractivity contribution in [2.75, 3.05) is 6.54 Å². The Kier molecular flexibility index (Phi) is 2.87. The van der Waals surface area contributed by atoms with Crippen molar-refractivity contribution < 1.29 is 19.4 Å². The molecule has 6 heteroatoms. The molecule has 3 heterocycles. The monoisotopic (exact) mass is 292 g/mol. The highest BCUT2D eigenvalue weighted by Crippen LogP contribution is 2.51. The molecule has 3 aliphatic heterocycles. The molecule has 0 spiro atoms. The second-order valence-corrected chi connectivity index (χ2v) is 6.87. The van der Waals surface area contributed by atoms with Crippen molar-refractivity contribution in [2.45, 2.75) is 50.2 Å². The highest BCUT2D eigenvalue weighted by atomic mass is 16.5. The van der Waals surface area contributed by atoms with E-state index >= 15 is 0 Å². The molecule has 5 rings (SSSR count). The molecule has 6 nitrogen and oxygen atoms in total. The summed E-state index contributed by atoms with van der Waals surface area (Å²) in [6.45, 7) is -0.127. The van der Waals surface area contributed by atoms with Gasteiger partial charge in [0.2, 0.25) is 11.8 Å². The van der Waals surface area contributed by atoms with Crippen LogP contribution in [0, 0.1) is 11.8 Å². The van der Waals surface area contributed by atoms with Gasteiger partial charge < -0.3 is 20.1 Å². The molecule has 2 saturated heterocycles. The normalized spacial score (nSPS) is 43.7. The number of nitrogens with one attached hydrogen (secondary N) is 1. The minimum absolute atomic E-state index is 0.127. The van der Waals surface area contributed by atoms with E-state index in [1.807, 2.05) is 0 Å². The number of amides is 2. The molecule has 2 N–H and O–H groups in total. The minimum atomic E-state index is -1.000. The number of hydrogen-bond donors (Lipinski definition) is 2. The maximum absolute atomic E-state index is 12.3. The van der Waals surface area contributed by atoms with Crippen LogP contribution >= 0.6 is 0 Å². The lowest BCUT2D eigenvalue weighted by Crippen LogP contribution is -2.64. The zero-order valence-electron chi connectivity index (χ0n) is 11.8. The first kappa shape index (κ1) is 13.3. The molecule has 3 atom stereocenters. The molecule has 114 valence electrons. The fourth-order valence-electron chi connectivity index (χ4n) is 4.61. The van der Waals surface area contributed by atoms with Gasteiger partial charge in [-0.05, 0) is 50.0 Å². The van der Waals surface area contributed by atoms with E-state index < -0.39 is 12.0 Å². The van der Waals surface area contributed by atoms with Crippen molar-refractivity contribution in [3.8, 4) is 0 Å². The number of ether oxygens (including phenoxy) is 1. The Bertz CT molecular complexity index is 481. The lowest BCUT2D eigenvalue weighted by molar-refractivity contribution is -0.233. The highest BCUT2D eigenvalue weighted by Gasteiger charge is 2.52. The topological polar surface area (TPSA) is 78.9 Å². The van der Waals surface area contributed by atoms with Gasteiger partial charge in [-0.2, -0.15) is 0 Å². The van der Waals surface area contributed by atoms with Crippen LogP contribution < -0.4 is 5.32 Å². The van der Waals surface area contributed by atoms with Crippen molar-refractivity contribution >= 4 is 11.8 Å². The molecule has 2 aliphatic carbocycles. The summed E-state index contributed by atoms with van der Waals surface area (Å²) in [6.07, 6.45) is 7.18. The Morgan fingerprint density at radius 3 is 2.67 bits per heavy atom. The average molecular weight is 292 g/mol. The third kappa shape index (κ3) is 2.26. The lowest BCUT2D eigenvalue weighted by atomic mass is 9.65. The molecule has 3 unspecified atom stereocenters. The Balaban J connectivity index is 1.42. The van der Waals surface area contributed by atoms with Gasteiger partial charge in [-0.15, -0.1) is 0 Å². The summed E-state index contributed by atoms with van der Waals surface area (Å²) in [5, 5.41) is 12.6. The van der Waals surface area contributed by atoms with E-state index in [1.165, 1.54) is 18.6 Å². The predicted octanol–water partition coefficient (Wildman–Crippen LogP) is 0.125. The van der Waals surface area contributed by atoms with Gasteiger partial charge in [0.05, 0.1) is 6.10 Å². The third-order valence-electron chi connectivity index (χ3n) is 5.18. The first-order chi connectivity index (χ1) is 10.0. The van der Waals surface area contributed by atoms with E-state index in [-0.39, 0.29) is 24.5 Å². The van der Waals surface area contributed by atoms with Crippen LogP contribution in [0.2, 0.25) is 0 Å². The summed E-state index contributed by atoms with van der Waals surface area (Å²) < 4.78 is 6.09. The van der Waals surface area contributed by atoms with E-state index in [4.69, 9.17) is 4.74 Å². The number of hydrogen-bond acceptors (Lipinski definition) is 4. The molecule has 5 aliphatic rings. The fraction of sp³-hybridized carbons (Fsp3) is 0.733. The first-order valence-electron chi connectivity index (χ1n) is 7.69. The van der Waals surface area contributed by atoms with Crippen LogP contribution in [0.25, 0.3) is 0 Å². The third-order valence-corrected chi connectivity index (χ3v) is 5.18. The second-order valence-electron chi connectivity index (χ2n) is 6.87. The molecule has 21 heavy (non-hydrogen) atoms. The summed E-state index contributed by atoms with van der Waals surface area (Å²) in [5.74, 6) is 0.714. The minimum Gasteiger partial charge on any atom is -0.370 e. The molecular formula is C15H20N2O4. The van der Waals surface area contributed by atoms with Crippen LogP contribution in [-0.2, 0) is 14.3 Å². The van der Waals surface area contributed by atoms with Gasteiger partial charge in [0.15, 0.2) is 0 Å². The predicted molar refractivity (Wildman–Crippen MR) is 72.7 cm³/mol. The van der Waals surface area contributed by atoms with Crippen LogP contribution in [0.4, 0.5) is 0 Å². The molecule has 0 radical (unpaired) electrons. The molecule has 4 fully saturated rings. The Morgan fingerprint density at radius 1 is 1.38 bits per heavy atom. The standard InChI is InChI=1S/C15H20N2O4/c18-12(8-17-13(19)1-2-14(17)20)16-15-6-9-3-10(7-15)5-11(4-9)21-15/h1-2,9-11,13,19H,3-8H2,(H,16,18). The van der Waals surface area contributed by atoms with Gasteiger partial charge in [0.25, 0.3) is 0 Å². The van der Waals surface area contributed by atoms with Crippen LogP contribution in [-0.4, -0.2) is 46.4 Å². The fourth-order valence-corrected chi connectivity index (χ4v) is 4.61. The quantitative estimate of drug-likeness (QED) is 0.774. The highest BCUT2D eigenvalue weighted by molar-refractivity contribution is 5.93. The SMILES string of the molecule is O=C(CN1C(=O)C=CC1O)NC12CC3CC(CC(C3)O1)C2. The van der Waals surface area contributed by atoms with Crippen LogP contribution in [0.1, 0.15) is 32.1 Å². The Labute approximate surface area is 123 Å². The number of nitrogens with zero attached hydrogens (tertiary/aromatic N) is 1. The maximum Gasteiger partial charge on any atom is 0.249 e. The van der Waals surface area contributed by atoms with Crippen LogP contribution in [0.15, 0.2) is 12.2 Å². The van der Waals surface area contributed by atoms with Gasteiger partial charge in [-0.25, -0.2) is 0 Å². The van der Waals surface area contributed by atoms with E-state index in [9.17, 15) is 14.7 Å². The smallest absolute Gasteiger partial charge is 0.249 e. The lowest BCUT2D eigenvalue weighted by Gasteiger charge is -2.56. The maximum atomic E-state index is 12.3. The summed E-state index contributed by atoms with van der Waals surface area (Å²) >= 11 is 0. The van der Waals surface area contributed by atoms with Gasteiger partial charge in [-0.1, -0.05) is 0 Å². The van der Waals surface area contributed by atoms with E-state index in [0.29, 0.717) is 11.8 Å². The van der Waals surface area contributed by atoms with Crippen molar-refractivity contribution in [1.82, 2.24) is 10.2 Å². The van der Waals surface area contributed by atoms with Gasteiger partial charge in [0, 0.05) is 6.08 Å². The second kappa shape index (κ2) is 4.55. The van der Waals surface area contributed by atoms with Gasteiger partial charge in [-0.3, -0.25) is 9.59 Å². The summed E-state index contributed by atoms with van der Waals surface area (Å²) in [5.41, 5.74) is -0.535. The molecule has 0 aromatic heterocycles. The summed E-state index contributed by atoms with van der Waals surface area (Å²) in [4.78, 5) is 25.0. The average Bonchev–Trinajstić information content (AvgIpc) is 2.68. The Morgan fingerprint density at radius 2 is 2.10 bits per heavy atom. The van der Waals surface area contributed by atoms with Crippen molar-refractivity contribution in [2.24, 2.45) is 11.8 Å². The van der Waals surface area contributed by atoms with E-state index in [1.54, 1.807) is 0 Å². The molecule has 2 saturated carbocycles. The number of carbonyl (C=O) groups is 2. The van der Waals surface area contributed by atoms with Gasteiger partial charge in [0.1, 0.15) is 18.5 Å². The summed E-state index contributed by atoms with van der Waals surface area (Å²) in [6, 6.07) is 0. The molecule has 0 aromatic carbocycles. The Hall–Kier alpha value is -1.40. The molecule has 4 bridgehead atoms. The number of aliphatic hydroxyl groups is 1. The summed E-state index contributed by atoms with van der Waals surface area (Å²) in [7, 11) is 0. The van der Waals surface area contributed by atoms with Gasteiger partial charge >= 0.3 is 0 Å². The van der Waals surface area contributed by atoms with Crippen LogP contribution in [0.5, 0.6) is 0 Å². The largest absolute Gasteiger partial charge is 0.370 e. The van der Waals surface area contributed by atoms with Crippen molar-refractivity contribution in [1.29, 1.82) is 0 Å². The zero-order valence-corrected chi connectivity index (χ0v) is 11.8. The number of rotatable bonds is 3. The van der Waals surface area contributed by atoms with E-state index in [0.717, 1.165) is 30.6 Å². The van der Waals surface area contributed by atoms with Crippen molar-refractivity contribution in [3.63, 3.8) is 0 Å². The van der Waals surface area contributed by atoms with E-state index in [2.05, 4.69) is 5.32 Å². The first-order valence-corrected chi connectivity index (χ1v) is 7.69. The molecule has 2 amide bonds. The number of aliphatic hydroxyl groups excluding tert-OH is 1.